The molecule has 0 unspecified atom stereocenters. The van der Waals surface area contributed by atoms with Crippen LogP contribution in [0.1, 0.15) is 23.3 Å². The lowest BCUT2D eigenvalue weighted by Gasteiger charge is -2.17. The number of hydrogen-bond donors (Lipinski definition) is 0. The number of halogens is 1. The second-order valence-corrected chi connectivity index (χ2v) is 9.61. The molecule has 0 N–H and O–H groups in total. The van der Waals surface area contributed by atoms with Gasteiger partial charge < -0.3 is 18.8 Å². The predicted molar refractivity (Wildman–Crippen MR) is 141 cm³/mol. The number of ketones is 1. The van der Waals surface area contributed by atoms with Gasteiger partial charge in [0.25, 0.3) is 0 Å². The second kappa shape index (κ2) is 9.76. The molecule has 0 spiro atoms. The molecule has 36 heavy (non-hydrogen) atoms. The molecule has 0 saturated carbocycles. The average Bonchev–Trinajstić information content (AvgIpc) is 3.62. The molecule has 182 valence electrons. The maximum atomic E-state index is 13.6. The molecular formula is C28H26ClN5O2. The molecule has 1 saturated heterocycles. The lowest BCUT2D eigenvalue weighted by atomic mass is 10.2. The van der Waals surface area contributed by atoms with Crippen LogP contribution in [0.15, 0.2) is 73.3 Å². The molecule has 0 bridgehead atoms. The van der Waals surface area contributed by atoms with Crippen molar-refractivity contribution in [2.24, 2.45) is 0 Å². The summed E-state index contributed by atoms with van der Waals surface area (Å²) in [5.41, 5.74) is 3.35. The van der Waals surface area contributed by atoms with E-state index in [0.29, 0.717) is 22.2 Å². The Kier molecular flexibility index (Phi) is 6.17. The van der Waals surface area contributed by atoms with Crippen LogP contribution in [0.5, 0.6) is 11.5 Å². The van der Waals surface area contributed by atoms with Crippen LogP contribution in [0.25, 0.3) is 21.9 Å². The summed E-state index contributed by atoms with van der Waals surface area (Å²) in [5.74, 6) is 1.43. The van der Waals surface area contributed by atoms with E-state index in [9.17, 15) is 4.79 Å². The van der Waals surface area contributed by atoms with Gasteiger partial charge in [-0.25, -0.2) is 4.98 Å². The first-order valence-corrected chi connectivity index (χ1v) is 12.6. The molecule has 8 heteroatoms. The monoisotopic (exact) mass is 499 g/mol. The van der Waals surface area contributed by atoms with E-state index in [-0.39, 0.29) is 12.3 Å². The van der Waals surface area contributed by atoms with Gasteiger partial charge in [0.2, 0.25) is 0 Å². The smallest absolute Gasteiger partial charge is 0.198 e. The summed E-state index contributed by atoms with van der Waals surface area (Å²) in [6.45, 7) is 4.07. The van der Waals surface area contributed by atoms with E-state index in [1.54, 1.807) is 18.7 Å². The van der Waals surface area contributed by atoms with Crippen LogP contribution in [-0.4, -0.2) is 49.4 Å². The molecule has 5 aromatic rings. The first kappa shape index (κ1) is 22.8. The summed E-state index contributed by atoms with van der Waals surface area (Å²) in [4.78, 5) is 24.6. The Balaban J connectivity index is 1.34. The largest absolute Gasteiger partial charge is 0.456 e. The highest BCUT2D eigenvalue weighted by Crippen LogP contribution is 2.29. The van der Waals surface area contributed by atoms with Crippen molar-refractivity contribution in [1.29, 1.82) is 0 Å². The van der Waals surface area contributed by atoms with Crippen molar-refractivity contribution in [3.05, 3.63) is 84.0 Å². The molecule has 6 rings (SSSR count). The van der Waals surface area contributed by atoms with Gasteiger partial charge in [0.1, 0.15) is 11.5 Å². The van der Waals surface area contributed by atoms with Crippen molar-refractivity contribution in [2.45, 2.75) is 25.9 Å². The number of aromatic nitrogens is 4. The number of likely N-dealkylation sites (tertiary alicyclic amines) is 1. The quantitative estimate of drug-likeness (QED) is 0.252. The Labute approximate surface area is 213 Å². The van der Waals surface area contributed by atoms with Crippen molar-refractivity contribution in [3.63, 3.8) is 0 Å². The molecule has 4 heterocycles. The number of imidazole rings is 1. The van der Waals surface area contributed by atoms with Crippen molar-refractivity contribution < 1.29 is 9.53 Å². The van der Waals surface area contributed by atoms with Gasteiger partial charge in [-0.3, -0.25) is 9.78 Å². The van der Waals surface area contributed by atoms with Crippen molar-refractivity contribution in [2.75, 3.05) is 19.6 Å². The van der Waals surface area contributed by atoms with Crippen LogP contribution in [-0.2, 0) is 13.1 Å². The fourth-order valence-electron chi connectivity index (χ4n) is 4.96. The third-order valence-electron chi connectivity index (χ3n) is 6.77. The molecule has 1 aliphatic heterocycles. The Morgan fingerprint density at radius 3 is 2.69 bits per heavy atom. The van der Waals surface area contributed by atoms with E-state index in [1.807, 2.05) is 59.2 Å². The molecule has 0 aliphatic carbocycles. The van der Waals surface area contributed by atoms with Crippen LogP contribution in [0.4, 0.5) is 0 Å². The molecule has 7 nitrogen and oxygen atoms in total. The maximum Gasteiger partial charge on any atom is 0.198 e. The van der Waals surface area contributed by atoms with Gasteiger partial charge in [0.05, 0.1) is 41.3 Å². The van der Waals surface area contributed by atoms with Crippen LogP contribution in [0.2, 0.25) is 5.02 Å². The molecule has 0 atom stereocenters. The number of benzene rings is 2. The van der Waals surface area contributed by atoms with Crippen molar-refractivity contribution in [3.8, 4) is 11.5 Å². The predicted octanol–water partition coefficient (Wildman–Crippen LogP) is 5.81. The summed E-state index contributed by atoms with van der Waals surface area (Å²) in [6.07, 6.45) is 7.58. The minimum atomic E-state index is 0.0385. The first-order chi connectivity index (χ1) is 17.6. The highest BCUT2D eigenvalue weighted by molar-refractivity contribution is 6.31. The topological polar surface area (TPSA) is 65.2 Å². The Morgan fingerprint density at radius 1 is 0.972 bits per heavy atom. The normalized spacial score (nSPS) is 14.1. The molecule has 1 fully saturated rings. The number of fused-ring (bicyclic) bond motifs is 2. The van der Waals surface area contributed by atoms with Gasteiger partial charge in [-0.05, 0) is 74.5 Å². The highest BCUT2D eigenvalue weighted by atomic mass is 35.5. The molecule has 1 aliphatic rings. The van der Waals surface area contributed by atoms with Crippen LogP contribution < -0.4 is 4.74 Å². The Bertz CT molecular complexity index is 1540. The minimum absolute atomic E-state index is 0.0385. The number of carbonyl (C=O) groups is 1. The van der Waals surface area contributed by atoms with Crippen molar-refractivity contribution in [1.82, 2.24) is 24.0 Å². The second-order valence-electron chi connectivity index (χ2n) is 9.17. The van der Waals surface area contributed by atoms with E-state index < -0.39 is 0 Å². The van der Waals surface area contributed by atoms with Crippen molar-refractivity contribution >= 4 is 39.3 Å². The van der Waals surface area contributed by atoms with Gasteiger partial charge in [-0.1, -0.05) is 11.6 Å². The summed E-state index contributed by atoms with van der Waals surface area (Å²) in [5, 5.41) is 1.64. The summed E-state index contributed by atoms with van der Waals surface area (Å²) in [7, 11) is 0. The summed E-state index contributed by atoms with van der Waals surface area (Å²) >= 11 is 6.11. The third-order valence-corrected chi connectivity index (χ3v) is 7.00. The molecule has 2 aromatic carbocycles. The van der Waals surface area contributed by atoms with Gasteiger partial charge >= 0.3 is 0 Å². The van der Waals surface area contributed by atoms with E-state index in [2.05, 4.69) is 19.4 Å². The molecule has 3 aromatic heterocycles. The van der Waals surface area contributed by atoms with E-state index in [1.165, 1.54) is 12.8 Å². The standard InChI is InChI=1S/C28H26ClN5O2/c29-21-6-8-25-24(15-21)31-19-33(25)18-28(35)27-14-20-5-7-22(36-23-4-3-9-30-17-23)16-26(20)34(27)13-12-32-10-1-2-11-32/h3-9,14-17,19H,1-2,10-13,18H2. The highest BCUT2D eigenvalue weighted by Gasteiger charge is 2.19. The lowest BCUT2D eigenvalue weighted by Crippen LogP contribution is -2.25. The minimum Gasteiger partial charge on any atom is -0.456 e. The Hall–Kier alpha value is -3.68. The van der Waals surface area contributed by atoms with Gasteiger partial charge in [-0.15, -0.1) is 0 Å². The molecule has 0 amide bonds. The van der Waals surface area contributed by atoms with Gasteiger partial charge in [0.15, 0.2) is 5.78 Å². The number of rotatable bonds is 8. The van der Waals surface area contributed by atoms with E-state index in [4.69, 9.17) is 16.3 Å². The first-order valence-electron chi connectivity index (χ1n) is 12.2. The van der Waals surface area contributed by atoms with Crippen LogP contribution >= 0.6 is 11.6 Å². The van der Waals surface area contributed by atoms with E-state index in [0.717, 1.165) is 48.1 Å². The number of nitrogens with zero attached hydrogens (tertiary/aromatic N) is 5. The summed E-state index contributed by atoms with van der Waals surface area (Å²) < 4.78 is 10.1. The fraction of sp³-hybridized carbons (Fsp3) is 0.250. The van der Waals surface area contributed by atoms with E-state index >= 15 is 0 Å². The zero-order valence-corrected chi connectivity index (χ0v) is 20.6. The third kappa shape index (κ3) is 4.59. The zero-order valence-electron chi connectivity index (χ0n) is 19.8. The molecule has 0 radical (unpaired) electrons. The van der Waals surface area contributed by atoms with Gasteiger partial charge in [-0.2, -0.15) is 0 Å². The number of carbonyl (C=O) groups excluding carboxylic acids is 1. The summed E-state index contributed by atoms with van der Waals surface area (Å²) in [6, 6.07) is 17.2. The Morgan fingerprint density at radius 2 is 1.86 bits per heavy atom. The SMILES string of the molecule is O=C(Cn1cnc2cc(Cl)ccc21)c1cc2ccc(Oc3cccnc3)cc2n1CCN1CCCC1. The number of pyridine rings is 1. The molecular weight excluding hydrogens is 474 g/mol. The lowest BCUT2D eigenvalue weighted by molar-refractivity contribution is 0.0964. The number of hydrogen-bond acceptors (Lipinski definition) is 5. The maximum absolute atomic E-state index is 13.6. The van der Waals surface area contributed by atoms with Crippen LogP contribution in [0.3, 0.4) is 0 Å². The number of Topliss-reactive ketones (excluding diaryl/α,β-unsaturated/α-hetero) is 1. The zero-order chi connectivity index (χ0) is 24.5. The van der Waals surface area contributed by atoms with Gasteiger partial charge in [0, 0.05) is 35.8 Å². The van der Waals surface area contributed by atoms with Crippen LogP contribution in [0, 0.1) is 0 Å². The number of ether oxygens (including phenoxy) is 1. The average molecular weight is 500 g/mol. The fourth-order valence-corrected chi connectivity index (χ4v) is 5.13.